The van der Waals surface area contributed by atoms with E-state index in [0.29, 0.717) is 6.04 Å². The molecule has 0 fully saturated rings. The Morgan fingerprint density at radius 2 is 1.58 bits per heavy atom. The third kappa shape index (κ3) is 2.61. The first-order chi connectivity index (χ1) is 5.37. The predicted octanol–water partition coefficient (Wildman–Crippen LogP) is 2.26. The second-order valence-electron chi connectivity index (χ2n) is 3.42. The minimum atomic E-state index is 0.472. The molecule has 0 radical (unpaired) electrons. The van der Waals surface area contributed by atoms with Crippen molar-refractivity contribution in [3.05, 3.63) is 24.7 Å². The van der Waals surface area contributed by atoms with E-state index >= 15 is 0 Å². The number of allylic oxidation sites excluding steroid dienone is 1. The Bertz CT molecular complexity index is 182. The van der Waals surface area contributed by atoms with Crippen LogP contribution in [0.15, 0.2) is 24.7 Å². The maximum atomic E-state index is 3.99. The molecule has 0 bridgehead atoms. The lowest BCUT2D eigenvalue weighted by Crippen LogP contribution is -2.33. The van der Waals surface area contributed by atoms with E-state index in [1.807, 2.05) is 25.9 Å². The molecule has 0 N–H and O–H groups in total. The van der Waals surface area contributed by atoms with Gasteiger partial charge in [0, 0.05) is 25.8 Å². The van der Waals surface area contributed by atoms with E-state index in [1.165, 1.54) is 0 Å². The molecule has 0 aromatic heterocycles. The van der Waals surface area contributed by atoms with E-state index in [-0.39, 0.29) is 0 Å². The van der Waals surface area contributed by atoms with E-state index in [4.69, 9.17) is 0 Å². The Balaban J connectivity index is 4.29. The monoisotopic (exact) mass is 168 g/mol. The lowest BCUT2D eigenvalue weighted by molar-refractivity contribution is 0.263. The number of hydrogen-bond donors (Lipinski definition) is 0. The van der Waals surface area contributed by atoms with Crippen LogP contribution in [0.4, 0.5) is 0 Å². The molecule has 70 valence electrons. The summed E-state index contributed by atoms with van der Waals surface area (Å²) in [6.07, 6.45) is 0. The fourth-order valence-corrected chi connectivity index (χ4v) is 0.755. The highest BCUT2D eigenvalue weighted by molar-refractivity contribution is 5.02. The van der Waals surface area contributed by atoms with Crippen LogP contribution in [-0.4, -0.2) is 29.9 Å². The predicted molar refractivity (Wildman–Crippen MR) is 54.6 cm³/mol. The molecule has 0 rings (SSSR count). The van der Waals surface area contributed by atoms with E-state index in [0.717, 1.165) is 11.5 Å². The van der Waals surface area contributed by atoms with Crippen molar-refractivity contribution in [2.75, 3.05) is 14.1 Å². The molecule has 12 heavy (non-hydrogen) atoms. The average molecular weight is 168 g/mol. The molecule has 2 nitrogen and oxygen atoms in total. The first-order valence-corrected chi connectivity index (χ1v) is 4.19. The van der Waals surface area contributed by atoms with Crippen molar-refractivity contribution in [2.24, 2.45) is 0 Å². The first-order valence-electron chi connectivity index (χ1n) is 4.19. The third-order valence-corrected chi connectivity index (χ3v) is 2.14. The van der Waals surface area contributed by atoms with Gasteiger partial charge in [0.25, 0.3) is 0 Å². The molecule has 0 aliphatic rings. The molecule has 0 unspecified atom stereocenters. The zero-order valence-corrected chi connectivity index (χ0v) is 8.89. The molecule has 0 aromatic carbocycles. The van der Waals surface area contributed by atoms with Gasteiger partial charge in [-0.1, -0.05) is 13.2 Å². The normalized spacial score (nSPS) is 9.83. The lowest BCUT2D eigenvalue weighted by atomic mass is 10.3. The van der Waals surface area contributed by atoms with Gasteiger partial charge in [-0.25, -0.2) is 0 Å². The summed E-state index contributed by atoms with van der Waals surface area (Å²) >= 11 is 0. The van der Waals surface area contributed by atoms with Gasteiger partial charge >= 0.3 is 0 Å². The average Bonchev–Trinajstić information content (AvgIpc) is 2.00. The van der Waals surface area contributed by atoms with Crippen LogP contribution in [0, 0.1) is 0 Å². The Labute approximate surface area is 76.2 Å². The van der Waals surface area contributed by atoms with Crippen molar-refractivity contribution < 1.29 is 0 Å². The van der Waals surface area contributed by atoms with E-state index in [2.05, 4.69) is 31.9 Å². The zero-order chi connectivity index (χ0) is 9.89. The smallest absolute Gasteiger partial charge is 0.100 e. The Hall–Kier alpha value is -0.920. The lowest BCUT2D eigenvalue weighted by Gasteiger charge is -2.32. The highest BCUT2D eigenvalue weighted by Gasteiger charge is 2.09. The summed E-state index contributed by atoms with van der Waals surface area (Å²) < 4.78 is 0. The van der Waals surface area contributed by atoms with Crippen molar-refractivity contribution in [3.63, 3.8) is 0 Å². The molecule has 0 atom stereocenters. The van der Waals surface area contributed by atoms with Crippen molar-refractivity contribution in [1.29, 1.82) is 0 Å². The number of nitrogens with zero attached hydrogens (tertiary/aromatic N) is 2. The Morgan fingerprint density at radius 1 is 1.17 bits per heavy atom. The van der Waals surface area contributed by atoms with Gasteiger partial charge in [-0.15, -0.1) is 0 Å². The standard InChI is InChI=1S/C10H20N2/c1-8(2)11(6)10(5)12(7)9(3)4/h9H,1,5H2,2-4,6-7H3. The molecule has 2 heteroatoms. The molecule has 0 saturated heterocycles. The second kappa shape index (κ2) is 4.19. The summed E-state index contributed by atoms with van der Waals surface area (Å²) in [7, 11) is 4.01. The van der Waals surface area contributed by atoms with Crippen molar-refractivity contribution in [2.45, 2.75) is 26.8 Å². The van der Waals surface area contributed by atoms with Crippen molar-refractivity contribution in [3.8, 4) is 0 Å². The van der Waals surface area contributed by atoms with Gasteiger partial charge in [0.05, 0.1) is 0 Å². The van der Waals surface area contributed by atoms with E-state index in [9.17, 15) is 0 Å². The molecule has 0 spiro atoms. The fraction of sp³-hybridized carbons (Fsp3) is 0.600. The number of hydrogen-bond acceptors (Lipinski definition) is 2. The maximum absolute atomic E-state index is 3.99. The van der Waals surface area contributed by atoms with Crippen molar-refractivity contribution >= 4 is 0 Å². The van der Waals surface area contributed by atoms with Crippen molar-refractivity contribution in [1.82, 2.24) is 9.80 Å². The van der Waals surface area contributed by atoms with Gasteiger partial charge in [0.15, 0.2) is 0 Å². The van der Waals surface area contributed by atoms with Gasteiger partial charge in [0.1, 0.15) is 5.82 Å². The van der Waals surface area contributed by atoms with Crippen LogP contribution >= 0.6 is 0 Å². The third-order valence-electron chi connectivity index (χ3n) is 2.14. The SMILES string of the molecule is C=C(C)N(C)C(=C)N(C)C(C)C. The van der Waals surface area contributed by atoms with Crippen LogP contribution < -0.4 is 0 Å². The number of rotatable bonds is 4. The fourth-order valence-electron chi connectivity index (χ4n) is 0.755. The molecule has 0 aliphatic heterocycles. The van der Waals surface area contributed by atoms with Crippen LogP contribution in [-0.2, 0) is 0 Å². The molecule has 0 saturated carbocycles. The van der Waals surface area contributed by atoms with Crippen LogP contribution in [0.5, 0.6) is 0 Å². The first kappa shape index (κ1) is 11.1. The largest absolute Gasteiger partial charge is 0.359 e. The van der Waals surface area contributed by atoms with Crippen LogP contribution in [0.1, 0.15) is 20.8 Å². The summed E-state index contributed by atoms with van der Waals surface area (Å²) in [5.41, 5.74) is 1.01. The van der Waals surface area contributed by atoms with Gasteiger partial charge in [-0.3, -0.25) is 0 Å². The summed E-state index contributed by atoms with van der Waals surface area (Å²) in [6, 6.07) is 0.472. The highest BCUT2D eigenvalue weighted by Crippen LogP contribution is 2.11. The molecule has 0 amide bonds. The Kier molecular flexibility index (Phi) is 3.87. The summed E-state index contributed by atoms with van der Waals surface area (Å²) in [6.45, 7) is 14.1. The molecule has 0 aliphatic carbocycles. The quantitative estimate of drug-likeness (QED) is 0.635. The molecule has 0 aromatic rings. The van der Waals surface area contributed by atoms with Crippen LogP contribution in [0.2, 0.25) is 0 Å². The molecular weight excluding hydrogens is 148 g/mol. The van der Waals surface area contributed by atoms with Crippen LogP contribution in [0.3, 0.4) is 0 Å². The topological polar surface area (TPSA) is 6.48 Å². The van der Waals surface area contributed by atoms with E-state index in [1.54, 1.807) is 0 Å². The Morgan fingerprint density at radius 3 is 1.83 bits per heavy atom. The van der Waals surface area contributed by atoms with Gasteiger partial charge < -0.3 is 9.80 Å². The summed E-state index contributed by atoms with van der Waals surface area (Å²) in [5.74, 6) is 0.984. The summed E-state index contributed by atoms with van der Waals surface area (Å²) in [4.78, 5) is 4.11. The van der Waals surface area contributed by atoms with Crippen LogP contribution in [0.25, 0.3) is 0 Å². The second-order valence-corrected chi connectivity index (χ2v) is 3.42. The maximum Gasteiger partial charge on any atom is 0.100 e. The zero-order valence-electron chi connectivity index (χ0n) is 8.89. The summed E-state index contributed by atoms with van der Waals surface area (Å²) in [5, 5.41) is 0. The van der Waals surface area contributed by atoms with Gasteiger partial charge in [0.2, 0.25) is 0 Å². The minimum Gasteiger partial charge on any atom is -0.359 e. The minimum absolute atomic E-state index is 0.472. The van der Waals surface area contributed by atoms with Gasteiger partial charge in [-0.2, -0.15) is 0 Å². The highest BCUT2D eigenvalue weighted by atomic mass is 15.3. The van der Waals surface area contributed by atoms with E-state index < -0.39 is 0 Å². The van der Waals surface area contributed by atoms with Gasteiger partial charge in [-0.05, 0) is 20.8 Å². The molecular formula is C10H20N2. The molecule has 0 heterocycles.